The van der Waals surface area contributed by atoms with Gasteiger partial charge in [-0.1, -0.05) is 0 Å². The number of ether oxygens (including phenoxy) is 1. The van der Waals surface area contributed by atoms with Gasteiger partial charge in [-0.15, -0.1) is 0 Å². The Kier molecular flexibility index (Phi) is 2.86. The maximum absolute atomic E-state index is 10.0. The van der Waals surface area contributed by atoms with Gasteiger partial charge in [0.25, 0.3) is 0 Å². The van der Waals surface area contributed by atoms with E-state index in [-0.39, 0.29) is 0 Å². The number of thiocarbonyl (C=S) groups is 1. The molecule has 0 aromatic heterocycles. The van der Waals surface area contributed by atoms with Gasteiger partial charge in [0.15, 0.2) is 0 Å². The van der Waals surface area contributed by atoms with Crippen molar-refractivity contribution in [3.63, 3.8) is 0 Å². The summed E-state index contributed by atoms with van der Waals surface area (Å²) in [5, 5.41) is 10.7. The van der Waals surface area contributed by atoms with Crippen LogP contribution in [0.1, 0.15) is 0 Å². The Hall–Kier alpha value is -0.840. The maximum Gasteiger partial charge on any atom is 0.414 e. The molecule has 0 bridgehead atoms. The van der Waals surface area contributed by atoms with E-state index >= 15 is 0 Å². The van der Waals surface area contributed by atoms with Crippen molar-refractivity contribution in [1.82, 2.24) is 5.32 Å². The number of carbonyl (C=O) groups is 1. The number of hydrogen-bond acceptors (Lipinski definition) is 3. The van der Waals surface area contributed by atoms with Crippen molar-refractivity contribution in [3.8, 4) is 0 Å². The summed E-state index contributed by atoms with van der Waals surface area (Å²) in [5.41, 5.74) is 0. The molecule has 0 atom stereocenters. The SMILES string of the molecule is COC(=O)NC([O])=S. The molecule has 0 aliphatic heterocycles. The van der Waals surface area contributed by atoms with Gasteiger partial charge in [-0.2, -0.15) is 0 Å². The average Bonchev–Trinajstić information content (AvgIpc) is 1.65. The number of rotatable bonds is 0. The first-order chi connectivity index (χ1) is 3.66. The highest BCUT2D eigenvalue weighted by molar-refractivity contribution is 7.79. The predicted molar refractivity (Wildman–Crippen MR) is 28.8 cm³/mol. The predicted octanol–water partition coefficient (Wildman–Crippen LogP) is 0.0578. The Balaban J connectivity index is 3.40. The van der Waals surface area contributed by atoms with E-state index in [0.717, 1.165) is 7.11 Å². The van der Waals surface area contributed by atoms with E-state index in [4.69, 9.17) is 0 Å². The van der Waals surface area contributed by atoms with Gasteiger partial charge in [0.2, 0.25) is 0 Å². The van der Waals surface area contributed by atoms with E-state index in [1.807, 2.05) is 0 Å². The fourth-order valence-electron chi connectivity index (χ4n) is 0.134. The van der Waals surface area contributed by atoms with Crippen LogP contribution in [0, 0.1) is 0 Å². The minimum Gasteiger partial charge on any atom is -0.453 e. The van der Waals surface area contributed by atoms with E-state index in [0.29, 0.717) is 0 Å². The van der Waals surface area contributed by atoms with Crippen LogP contribution in [0.25, 0.3) is 0 Å². The standard InChI is InChI=1S/C3H4NO3S/c1-7-2(5)4-3(6)8/h1H3,(H,4,5,8). The van der Waals surface area contributed by atoms with Crippen molar-refractivity contribution in [3.05, 3.63) is 0 Å². The van der Waals surface area contributed by atoms with Crippen molar-refractivity contribution in [2.45, 2.75) is 0 Å². The monoisotopic (exact) mass is 134 g/mol. The molecule has 0 aromatic rings. The van der Waals surface area contributed by atoms with Gasteiger partial charge in [-0.3, -0.25) is 5.11 Å². The Morgan fingerprint density at radius 2 is 2.25 bits per heavy atom. The molecule has 4 nitrogen and oxygen atoms in total. The Bertz CT molecular complexity index is 113. The van der Waals surface area contributed by atoms with Crippen LogP contribution in [0.4, 0.5) is 4.79 Å². The zero-order valence-corrected chi connectivity index (χ0v) is 4.95. The minimum absolute atomic E-state index is 0.829. The molecular formula is C3H4NO3S. The van der Waals surface area contributed by atoms with Crippen LogP contribution < -0.4 is 5.32 Å². The number of nitrogens with one attached hydrogen (secondary N) is 1. The van der Waals surface area contributed by atoms with Crippen LogP contribution in [0.15, 0.2) is 0 Å². The van der Waals surface area contributed by atoms with E-state index < -0.39 is 11.3 Å². The quantitative estimate of drug-likeness (QED) is 0.476. The summed E-state index contributed by atoms with van der Waals surface area (Å²) in [6, 6.07) is 0. The Morgan fingerprint density at radius 1 is 1.75 bits per heavy atom. The molecule has 1 radical (unpaired) electrons. The third kappa shape index (κ3) is 3.35. The van der Waals surface area contributed by atoms with Gasteiger partial charge in [0.05, 0.1) is 7.11 Å². The van der Waals surface area contributed by atoms with Crippen molar-refractivity contribution < 1.29 is 14.6 Å². The molecular weight excluding hydrogens is 130 g/mol. The second kappa shape index (κ2) is 3.20. The molecule has 8 heavy (non-hydrogen) atoms. The van der Waals surface area contributed by atoms with Crippen molar-refractivity contribution in [2.75, 3.05) is 7.11 Å². The number of methoxy groups -OCH3 is 1. The van der Waals surface area contributed by atoms with Crippen LogP contribution in [0.2, 0.25) is 0 Å². The Labute approximate surface area is 51.4 Å². The second-order valence-electron chi connectivity index (χ2n) is 0.904. The maximum atomic E-state index is 10.0. The average molecular weight is 134 g/mol. The lowest BCUT2D eigenvalue weighted by atomic mass is 11.0. The topological polar surface area (TPSA) is 58.2 Å². The van der Waals surface area contributed by atoms with Crippen LogP contribution in [-0.2, 0) is 9.84 Å². The summed E-state index contributed by atoms with van der Waals surface area (Å²) in [6.45, 7) is 0. The smallest absolute Gasteiger partial charge is 0.414 e. The lowest BCUT2D eigenvalue weighted by molar-refractivity contribution is 0.174. The van der Waals surface area contributed by atoms with Crippen molar-refractivity contribution >= 4 is 23.5 Å². The van der Waals surface area contributed by atoms with Crippen LogP contribution in [-0.4, -0.2) is 18.4 Å². The number of amides is 1. The second-order valence-corrected chi connectivity index (χ2v) is 1.27. The largest absolute Gasteiger partial charge is 0.453 e. The third-order valence-electron chi connectivity index (χ3n) is 0.390. The molecule has 0 aromatic carbocycles. The molecule has 0 unspecified atom stereocenters. The van der Waals surface area contributed by atoms with Gasteiger partial charge in [0.1, 0.15) is 0 Å². The van der Waals surface area contributed by atoms with Crippen LogP contribution >= 0.6 is 12.2 Å². The lowest BCUT2D eigenvalue weighted by Crippen LogP contribution is -2.27. The summed E-state index contributed by atoms with van der Waals surface area (Å²) in [7, 11) is 1.15. The van der Waals surface area contributed by atoms with Gasteiger partial charge in [-0.25, -0.2) is 10.1 Å². The van der Waals surface area contributed by atoms with E-state index in [2.05, 4.69) is 17.0 Å². The van der Waals surface area contributed by atoms with Gasteiger partial charge in [0, 0.05) is 0 Å². The minimum atomic E-state index is -0.836. The third-order valence-corrected chi connectivity index (χ3v) is 0.492. The lowest BCUT2D eigenvalue weighted by Gasteiger charge is -1.93. The molecule has 1 amide bonds. The highest BCUT2D eigenvalue weighted by Crippen LogP contribution is 1.70. The number of alkyl carbamates (subject to hydrolysis) is 1. The molecule has 0 saturated carbocycles. The summed E-state index contributed by atoms with van der Waals surface area (Å²) < 4.78 is 4.02. The molecule has 0 aliphatic carbocycles. The normalized spacial score (nSPS) is 7.62. The first kappa shape index (κ1) is 7.16. The first-order valence-corrected chi connectivity index (χ1v) is 2.13. The number of carbonyl (C=O) groups excluding carboxylic acids is 1. The highest BCUT2D eigenvalue weighted by Gasteiger charge is 1.99. The highest BCUT2D eigenvalue weighted by atomic mass is 32.1. The van der Waals surface area contributed by atoms with E-state index in [1.165, 1.54) is 0 Å². The molecule has 0 aliphatic rings. The van der Waals surface area contributed by atoms with Crippen molar-refractivity contribution in [1.29, 1.82) is 0 Å². The van der Waals surface area contributed by atoms with Gasteiger partial charge in [-0.05, 0) is 12.2 Å². The first-order valence-electron chi connectivity index (χ1n) is 1.72. The zero-order valence-electron chi connectivity index (χ0n) is 4.13. The van der Waals surface area contributed by atoms with Gasteiger partial charge >= 0.3 is 11.3 Å². The summed E-state index contributed by atoms with van der Waals surface area (Å²) >= 11 is 3.97. The van der Waals surface area contributed by atoms with Gasteiger partial charge < -0.3 is 4.74 Å². The summed E-state index contributed by atoms with van der Waals surface area (Å²) in [5.74, 6) is 0. The zero-order chi connectivity index (χ0) is 6.57. The molecule has 0 spiro atoms. The summed E-state index contributed by atoms with van der Waals surface area (Å²) in [6.07, 6.45) is -0.829. The Morgan fingerprint density at radius 3 is 2.38 bits per heavy atom. The fourth-order valence-corrected chi connectivity index (χ4v) is 0.218. The molecule has 0 fully saturated rings. The fraction of sp³-hybridized carbons (Fsp3) is 0.333. The van der Waals surface area contributed by atoms with Crippen molar-refractivity contribution in [2.24, 2.45) is 0 Å². The molecule has 0 heterocycles. The molecule has 5 heteroatoms. The number of hydrogen-bond donors (Lipinski definition) is 1. The van der Waals surface area contributed by atoms with E-state index in [1.54, 1.807) is 5.32 Å². The van der Waals surface area contributed by atoms with Crippen LogP contribution in [0.5, 0.6) is 0 Å². The summed E-state index contributed by atoms with van der Waals surface area (Å²) in [4.78, 5) is 10.0. The van der Waals surface area contributed by atoms with Crippen LogP contribution in [0.3, 0.4) is 0 Å². The molecule has 1 N–H and O–H groups in total. The molecule has 0 saturated heterocycles. The van der Waals surface area contributed by atoms with E-state index in [9.17, 15) is 9.90 Å². The molecule has 45 valence electrons. The molecule has 0 rings (SSSR count).